The maximum Gasteiger partial charge on any atom is 0.274 e. The number of nitro benzene ring substituents is 1. The van der Waals surface area contributed by atoms with Crippen LogP contribution in [-0.2, 0) is 0 Å². The molecular formula is C23H19N3O5. The van der Waals surface area contributed by atoms with Gasteiger partial charge in [0.25, 0.3) is 5.69 Å². The highest BCUT2D eigenvalue weighted by molar-refractivity contribution is 5.88. The minimum Gasteiger partial charge on any atom is -0.504 e. The first kappa shape index (κ1) is 20.1. The highest BCUT2D eigenvalue weighted by Gasteiger charge is 2.16. The van der Waals surface area contributed by atoms with E-state index in [0.717, 1.165) is 22.2 Å². The molecule has 0 amide bonds. The molecule has 0 aliphatic carbocycles. The second kappa shape index (κ2) is 8.27. The Hall–Kier alpha value is -4.20. The summed E-state index contributed by atoms with van der Waals surface area (Å²) in [5.74, 6) is 0.354. The molecule has 0 saturated heterocycles. The number of nitro groups is 1. The van der Waals surface area contributed by atoms with Crippen molar-refractivity contribution in [2.75, 3.05) is 6.61 Å². The average molecular weight is 417 g/mol. The number of fused-ring (bicyclic) bond motifs is 1. The molecule has 0 atom stereocenters. The molecule has 0 unspecified atom stereocenters. The summed E-state index contributed by atoms with van der Waals surface area (Å²) in [5, 5.41) is 21.5. The van der Waals surface area contributed by atoms with Crippen molar-refractivity contribution >= 4 is 28.7 Å². The quantitative estimate of drug-likeness (QED) is 0.249. The van der Waals surface area contributed by atoms with Gasteiger partial charge in [0.15, 0.2) is 17.1 Å². The summed E-state index contributed by atoms with van der Waals surface area (Å²) in [6.45, 7) is 3.97. The van der Waals surface area contributed by atoms with Gasteiger partial charge in [-0.05, 0) is 49.7 Å². The molecule has 0 spiro atoms. The van der Waals surface area contributed by atoms with Gasteiger partial charge in [-0.2, -0.15) is 0 Å². The fourth-order valence-electron chi connectivity index (χ4n) is 3.13. The van der Waals surface area contributed by atoms with Gasteiger partial charge < -0.3 is 14.3 Å². The monoisotopic (exact) mass is 417 g/mol. The molecule has 0 radical (unpaired) electrons. The lowest BCUT2D eigenvalue weighted by atomic mass is 10.1. The first-order valence-electron chi connectivity index (χ1n) is 9.61. The summed E-state index contributed by atoms with van der Waals surface area (Å²) >= 11 is 0. The second-order valence-electron chi connectivity index (χ2n) is 6.82. The van der Waals surface area contributed by atoms with Crippen LogP contribution in [0.2, 0.25) is 0 Å². The van der Waals surface area contributed by atoms with Gasteiger partial charge in [0, 0.05) is 23.4 Å². The topological polar surface area (TPSA) is 111 Å². The number of oxazole rings is 1. The van der Waals surface area contributed by atoms with Crippen LogP contribution >= 0.6 is 0 Å². The van der Waals surface area contributed by atoms with Crippen LogP contribution in [0.5, 0.6) is 11.5 Å². The molecule has 8 heteroatoms. The van der Waals surface area contributed by atoms with Crippen molar-refractivity contribution in [1.29, 1.82) is 0 Å². The molecule has 1 aromatic heterocycles. The van der Waals surface area contributed by atoms with Gasteiger partial charge >= 0.3 is 0 Å². The number of rotatable bonds is 6. The zero-order valence-electron chi connectivity index (χ0n) is 16.9. The van der Waals surface area contributed by atoms with E-state index in [1.54, 1.807) is 19.1 Å². The average Bonchev–Trinajstić information content (AvgIpc) is 3.20. The normalized spacial score (nSPS) is 11.3. The number of aromatic nitrogens is 1. The Balaban J connectivity index is 1.61. The maximum atomic E-state index is 11.2. The van der Waals surface area contributed by atoms with Crippen LogP contribution in [0.25, 0.3) is 22.6 Å². The minimum absolute atomic E-state index is 0.0414. The molecule has 4 rings (SSSR count). The Labute approximate surface area is 177 Å². The van der Waals surface area contributed by atoms with Gasteiger partial charge in [0.2, 0.25) is 5.89 Å². The molecule has 0 saturated carbocycles. The number of hydrogen-bond acceptors (Lipinski definition) is 7. The number of para-hydroxylation sites is 1. The van der Waals surface area contributed by atoms with Gasteiger partial charge in [0.05, 0.1) is 23.3 Å². The van der Waals surface area contributed by atoms with E-state index in [2.05, 4.69) is 9.98 Å². The Bertz CT molecular complexity index is 1290. The third-order valence-corrected chi connectivity index (χ3v) is 4.69. The molecule has 0 bridgehead atoms. The molecule has 0 aliphatic rings. The van der Waals surface area contributed by atoms with Crippen molar-refractivity contribution in [2.24, 2.45) is 4.99 Å². The van der Waals surface area contributed by atoms with Crippen LogP contribution in [0.1, 0.15) is 18.1 Å². The Morgan fingerprint density at radius 2 is 2.00 bits per heavy atom. The number of phenolic OH excluding ortho intramolecular Hbond substituents is 1. The highest BCUT2D eigenvalue weighted by Crippen LogP contribution is 2.34. The van der Waals surface area contributed by atoms with Crippen LogP contribution in [0, 0.1) is 17.0 Å². The van der Waals surface area contributed by atoms with Crippen molar-refractivity contribution in [3.63, 3.8) is 0 Å². The van der Waals surface area contributed by atoms with Crippen molar-refractivity contribution in [3.8, 4) is 23.0 Å². The molecule has 156 valence electrons. The van der Waals surface area contributed by atoms with Crippen LogP contribution < -0.4 is 4.74 Å². The van der Waals surface area contributed by atoms with E-state index in [-0.39, 0.29) is 29.4 Å². The lowest BCUT2D eigenvalue weighted by molar-refractivity contribution is -0.385. The number of hydrogen-bond donors (Lipinski definition) is 1. The zero-order valence-corrected chi connectivity index (χ0v) is 16.9. The van der Waals surface area contributed by atoms with E-state index in [1.807, 2.05) is 37.3 Å². The summed E-state index contributed by atoms with van der Waals surface area (Å²) in [6.07, 6.45) is 1.36. The smallest absolute Gasteiger partial charge is 0.274 e. The molecule has 4 aromatic rings. The van der Waals surface area contributed by atoms with Crippen molar-refractivity contribution < 1.29 is 19.2 Å². The number of aromatic hydroxyl groups is 1. The van der Waals surface area contributed by atoms with Crippen molar-refractivity contribution in [3.05, 3.63) is 75.8 Å². The van der Waals surface area contributed by atoms with Crippen LogP contribution in [0.15, 0.2) is 64.0 Å². The molecule has 3 aromatic carbocycles. The first-order valence-corrected chi connectivity index (χ1v) is 9.61. The first-order chi connectivity index (χ1) is 15.0. The molecule has 0 aliphatic heterocycles. The fraction of sp³-hybridized carbons (Fsp3) is 0.130. The molecule has 31 heavy (non-hydrogen) atoms. The molecule has 1 heterocycles. The highest BCUT2D eigenvalue weighted by atomic mass is 16.6. The van der Waals surface area contributed by atoms with E-state index in [9.17, 15) is 15.2 Å². The molecule has 0 fully saturated rings. The van der Waals surface area contributed by atoms with Crippen LogP contribution in [-0.4, -0.2) is 27.8 Å². The third-order valence-electron chi connectivity index (χ3n) is 4.69. The predicted octanol–water partition coefficient (Wildman–Crippen LogP) is 5.57. The van der Waals surface area contributed by atoms with E-state index in [0.29, 0.717) is 11.6 Å². The van der Waals surface area contributed by atoms with E-state index >= 15 is 0 Å². The van der Waals surface area contributed by atoms with Gasteiger partial charge in [-0.15, -0.1) is 0 Å². The summed E-state index contributed by atoms with van der Waals surface area (Å²) < 4.78 is 11.1. The molecule has 1 N–H and O–H groups in total. The number of aryl methyl sites for hydroxylation is 1. The maximum absolute atomic E-state index is 11.2. The number of nitrogens with zero attached hydrogens (tertiary/aromatic N) is 3. The summed E-state index contributed by atoms with van der Waals surface area (Å²) in [4.78, 5) is 19.5. The minimum atomic E-state index is -0.545. The summed E-state index contributed by atoms with van der Waals surface area (Å²) in [5.41, 5.74) is 3.98. The van der Waals surface area contributed by atoms with Gasteiger partial charge in [0.1, 0.15) is 5.52 Å². The number of ether oxygens (including phenoxy) is 1. The number of aliphatic imine (C=N–C) groups is 1. The lowest BCUT2D eigenvalue weighted by Crippen LogP contribution is -1.97. The Morgan fingerprint density at radius 3 is 2.68 bits per heavy atom. The standard InChI is InChI=1S/C23H19N3O5/c1-3-30-20-12-18(26(28)29)11-16(22(20)27)13-24-17-9-7-15(8-10-17)23-25-21-14(2)5-4-6-19(21)31-23/h4-13,27H,3H2,1-2H3. The molecular weight excluding hydrogens is 398 g/mol. The van der Waals surface area contributed by atoms with E-state index in [4.69, 9.17) is 9.15 Å². The van der Waals surface area contributed by atoms with E-state index in [1.165, 1.54) is 18.3 Å². The van der Waals surface area contributed by atoms with Gasteiger partial charge in [-0.1, -0.05) is 12.1 Å². The summed E-state index contributed by atoms with van der Waals surface area (Å²) in [6, 6.07) is 15.4. The largest absolute Gasteiger partial charge is 0.504 e. The van der Waals surface area contributed by atoms with Crippen molar-refractivity contribution in [2.45, 2.75) is 13.8 Å². The predicted molar refractivity (Wildman–Crippen MR) is 117 cm³/mol. The third kappa shape index (κ3) is 4.09. The SMILES string of the molecule is CCOc1cc([N+](=O)[O-])cc(C=Nc2ccc(-c3nc4c(C)cccc4o3)cc2)c1O. The zero-order chi connectivity index (χ0) is 22.0. The molecule has 8 nitrogen and oxygen atoms in total. The Morgan fingerprint density at radius 1 is 1.23 bits per heavy atom. The lowest BCUT2D eigenvalue weighted by Gasteiger charge is -2.07. The van der Waals surface area contributed by atoms with Crippen molar-refractivity contribution in [1.82, 2.24) is 4.98 Å². The van der Waals surface area contributed by atoms with Gasteiger partial charge in [-0.25, -0.2) is 4.98 Å². The number of non-ortho nitro benzene ring substituents is 1. The number of phenols is 1. The number of benzene rings is 3. The van der Waals surface area contributed by atoms with E-state index < -0.39 is 4.92 Å². The summed E-state index contributed by atoms with van der Waals surface area (Å²) in [7, 11) is 0. The van der Waals surface area contributed by atoms with Gasteiger partial charge in [-0.3, -0.25) is 15.1 Å². The second-order valence-corrected chi connectivity index (χ2v) is 6.82. The van der Waals surface area contributed by atoms with Crippen LogP contribution in [0.3, 0.4) is 0 Å². The fourth-order valence-corrected chi connectivity index (χ4v) is 3.13. The van der Waals surface area contributed by atoms with Crippen LogP contribution in [0.4, 0.5) is 11.4 Å². The Kier molecular flexibility index (Phi) is 5.36.